The number of carbonyl (C=O) groups excluding carboxylic acids is 2. The van der Waals surface area contributed by atoms with Crippen LogP contribution in [0.3, 0.4) is 0 Å². The molecule has 9 nitrogen and oxygen atoms in total. The van der Waals surface area contributed by atoms with E-state index in [1.807, 2.05) is 96.8 Å². The molecule has 0 N–H and O–H groups in total. The van der Waals surface area contributed by atoms with Gasteiger partial charge in [-0.25, -0.2) is 0 Å². The van der Waals surface area contributed by atoms with Crippen molar-refractivity contribution in [3.8, 4) is 22.8 Å². The molecule has 0 atom stereocenters. The van der Waals surface area contributed by atoms with E-state index in [0.29, 0.717) is 43.2 Å². The van der Waals surface area contributed by atoms with E-state index in [0.717, 1.165) is 41.2 Å². The van der Waals surface area contributed by atoms with Crippen LogP contribution in [0.2, 0.25) is 0 Å². The first-order valence-electron chi connectivity index (χ1n) is 14.4. The first-order valence-corrected chi connectivity index (χ1v) is 14.4. The van der Waals surface area contributed by atoms with Gasteiger partial charge >= 0.3 is 0 Å². The molecule has 1 aromatic heterocycles. The van der Waals surface area contributed by atoms with Crippen LogP contribution in [0.15, 0.2) is 84.9 Å². The molecule has 2 amide bonds. The van der Waals surface area contributed by atoms with Crippen molar-refractivity contribution < 1.29 is 19.1 Å². The normalized spacial score (nSPS) is 13.3. The molecule has 0 unspecified atom stereocenters. The van der Waals surface area contributed by atoms with Crippen LogP contribution < -0.4 is 14.4 Å². The predicted octanol–water partition coefficient (Wildman–Crippen LogP) is 4.85. The highest BCUT2D eigenvalue weighted by Crippen LogP contribution is 2.31. The molecule has 3 aromatic carbocycles. The van der Waals surface area contributed by atoms with Crippen molar-refractivity contribution in [3.63, 3.8) is 0 Å². The average molecular weight is 580 g/mol. The quantitative estimate of drug-likeness (QED) is 0.280. The number of ether oxygens (including phenoxy) is 2. The van der Waals surface area contributed by atoms with Crippen LogP contribution in [0.4, 0.5) is 5.82 Å². The number of nitrogens with zero attached hydrogens (tertiary/aromatic N) is 5. The molecule has 0 aliphatic carbocycles. The molecule has 0 bridgehead atoms. The van der Waals surface area contributed by atoms with Crippen molar-refractivity contribution in [2.75, 3.05) is 51.8 Å². The van der Waals surface area contributed by atoms with Gasteiger partial charge < -0.3 is 24.2 Å². The summed E-state index contributed by atoms with van der Waals surface area (Å²) in [6.07, 6.45) is 0.787. The fourth-order valence-corrected chi connectivity index (χ4v) is 5.29. The number of anilines is 1. The first-order chi connectivity index (χ1) is 21.0. The fourth-order valence-electron chi connectivity index (χ4n) is 5.29. The molecule has 5 rings (SSSR count). The monoisotopic (exact) mass is 579 g/mol. The minimum atomic E-state index is -0.142. The summed E-state index contributed by atoms with van der Waals surface area (Å²) in [5, 5.41) is 8.96. The van der Waals surface area contributed by atoms with Crippen LogP contribution in [-0.4, -0.2) is 78.8 Å². The molecule has 1 saturated heterocycles. The number of methoxy groups -OCH3 is 2. The van der Waals surface area contributed by atoms with Crippen LogP contribution >= 0.6 is 0 Å². The molecular formula is C34H37N5O4. The SMILES string of the molecule is COc1ccc(-c2ccc(N3CCCN(C(=O)CN(Cc4ccccc4)C(=O)c4ccccc4C)CC3)nn2)cc1OC. The number of carbonyl (C=O) groups is 2. The van der Waals surface area contributed by atoms with Gasteiger partial charge in [-0.15, -0.1) is 10.2 Å². The molecule has 0 saturated carbocycles. The molecular weight excluding hydrogens is 542 g/mol. The van der Waals surface area contributed by atoms with Gasteiger partial charge in [0.05, 0.1) is 19.9 Å². The number of aromatic nitrogens is 2. The largest absolute Gasteiger partial charge is 0.493 e. The third-order valence-corrected chi connectivity index (χ3v) is 7.71. The summed E-state index contributed by atoms with van der Waals surface area (Å²) in [5.41, 5.74) is 4.09. The Bertz CT molecular complexity index is 1540. The molecule has 222 valence electrons. The lowest BCUT2D eigenvalue weighted by Crippen LogP contribution is -2.44. The summed E-state index contributed by atoms with van der Waals surface area (Å²) >= 11 is 0. The lowest BCUT2D eigenvalue weighted by atomic mass is 10.1. The summed E-state index contributed by atoms with van der Waals surface area (Å²) in [7, 11) is 3.21. The van der Waals surface area contributed by atoms with E-state index < -0.39 is 0 Å². The topological polar surface area (TPSA) is 88.1 Å². The number of amides is 2. The van der Waals surface area contributed by atoms with Gasteiger partial charge in [0.1, 0.15) is 6.54 Å². The van der Waals surface area contributed by atoms with Crippen LogP contribution in [-0.2, 0) is 11.3 Å². The standard InChI is InChI=1S/C34H37N5O4/c1-25-10-7-8-13-28(25)34(41)39(23-26-11-5-4-6-12-26)24-33(40)38-19-9-18-37(20-21-38)32-17-15-29(35-36-32)27-14-16-30(42-2)31(22-27)43-3/h4-8,10-17,22H,9,18-21,23-24H2,1-3H3. The predicted molar refractivity (Wildman–Crippen MR) is 166 cm³/mol. The van der Waals surface area contributed by atoms with Gasteiger partial charge in [0, 0.05) is 43.9 Å². The molecule has 4 aromatic rings. The number of aryl methyl sites for hydroxylation is 1. The van der Waals surface area contributed by atoms with Gasteiger partial charge in [-0.1, -0.05) is 48.5 Å². The number of hydrogen-bond acceptors (Lipinski definition) is 7. The highest BCUT2D eigenvalue weighted by Gasteiger charge is 2.25. The maximum absolute atomic E-state index is 13.6. The lowest BCUT2D eigenvalue weighted by Gasteiger charge is -2.27. The molecule has 0 spiro atoms. The maximum atomic E-state index is 13.6. The number of hydrogen-bond donors (Lipinski definition) is 0. The van der Waals surface area contributed by atoms with E-state index in [4.69, 9.17) is 9.47 Å². The second-order valence-corrected chi connectivity index (χ2v) is 10.5. The van der Waals surface area contributed by atoms with Crippen molar-refractivity contribution in [3.05, 3.63) is 102 Å². The van der Waals surface area contributed by atoms with Crippen molar-refractivity contribution in [1.82, 2.24) is 20.0 Å². The maximum Gasteiger partial charge on any atom is 0.254 e. The van der Waals surface area contributed by atoms with E-state index in [1.54, 1.807) is 19.1 Å². The molecule has 43 heavy (non-hydrogen) atoms. The van der Waals surface area contributed by atoms with E-state index >= 15 is 0 Å². The summed E-state index contributed by atoms with van der Waals surface area (Å²) in [5.74, 6) is 1.85. The van der Waals surface area contributed by atoms with Gasteiger partial charge in [-0.3, -0.25) is 9.59 Å². The second kappa shape index (κ2) is 13.8. The highest BCUT2D eigenvalue weighted by atomic mass is 16.5. The second-order valence-electron chi connectivity index (χ2n) is 10.5. The molecule has 1 aliphatic heterocycles. The summed E-state index contributed by atoms with van der Waals surface area (Å²) in [6, 6.07) is 26.8. The smallest absolute Gasteiger partial charge is 0.254 e. The molecule has 1 aliphatic rings. The average Bonchev–Trinajstić information content (AvgIpc) is 3.31. The first kappa shape index (κ1) is 29.6. The summed E-state index contributed by atoms with van der Waals surface area (Å²) < 4.78 is 10.8. The van der Waals surface area contributed by atoms with Crippen molar-refractivity contribution in [1.29, 1.82) is 0 Å². The van der Waals surface area contributed by atoms with E-state index in [-0.39, 0.29) is 18.4 Å². The Kier molecular flexibility index (Phi) is 9.51. The van der Waals surface area contributed by atoms with Crippen LogP contribution in [0.5, 0.6) is 11.5 Å². The fraction of sp³-hybridized carbons (Fsp3) is 0.294. The zero-order valence-corrected chi connectivity index (χ0v) is 24.9. The van der Waals surface area contributed by atoms with Crippen LogP contribution in [0.1, 0.15) is 27.9 Å². The molecule has 9 heteroatoms. The van der Waals surface area contributed by atoms with Crippen molar-refractivity contribution in [2.45, 2.75) is 19.9 Å². The van der Waals surface area contributed by atoms with Crippen molar-refractivity contribution >= 4 is 17.6 Å². The Morgan fingerprint density at radius 3 is 2.30 bits per heavy atom. The van der Waals surface area contributed by atoms with Gasteiger partial charge in [-0.05, 0) is 60.9 Å². The minimum absolute atomic E-state index is 0.0158. The van der Waals surface area contributed by atoms with E-state index in [2.05, 4.69) is 15.1 Å². The Morgan fingerprint density at radius 2 is 1.58 bits per heavy atom. The minimum Gasteiger partial charge on any atom is -0.493 e. The van der Waals surface area contributed by atoms with E-state index in [1.165, 1.54) is 0 Å². The Hall–Kier alpha value is -4.92. The zero-order valence-electron chi connectivity index (χ0n) is 24.9. The van der Waals surface area contributed by atoms with E-state index in [9.17, 15) is 9.59 Å². The molecule has 0 radical (unpaired) electrons. The summed E-state index contributed by atoms with van der Waals surface area (Å²) in [6.45, 7) is 4.83. The van der Waals surface area contributed by atoms with Crippen LogP contribution in [0.25, 0.3) is 11.3 Å². The molecule has 2 heterocycles. The highest BCUT2D eigenvalue weighted by molar-refractivity contribution is 5.97. The molecule has 1 fully saturated rings. The third kappa shape index (κ3) is 7.12. The number of benzene rings is 3. The Morgan fingerprint density at radius 1 is 0.814 bits per heavy atom. The van der Waals surface area contributed by atoms with Crippen molar-refractivity contribution in [2.24, 2.45) is 0 Å². The lowest BCUT2D eigenvalue weighted by molar-refractivity contribution is -0.131. The van der Waals surface area contributed by atoms with Crippen LogP contribution in [0, 0.1) is 6.92 Å². The Balaban J connectivity index is 1.25. The third-order valence-electron chi connectivity index (χ3n) is 7.71. The van der Waals surface area contributed by atoms with Gasteiger partial charge in [0.25, 0.3) is 5.91 Å². The Labute approximate surface area is 252 Å². The zero-order chi connectivity index (χ0) is 30.2. The summed E-state index contributed by atoms with van der Waals surface area (Å²) in [4.78, 5) is 32.9. The van der Waals surface area contributed by atoms with Gasteiger partial charge in [0.2, 0.25) is 5.91 Å². The number of rotatable bonds is 9. The van der Waals surface area contributed by atoms with Gasteiger partial charge in [0.15, 0.2) is 17.3 Å². The van der Waals surface area contributed by atoms with Gasteiger partial charge in [-0.2, -0.15) is 0 Å².